The molecule has 0 aliphatic rings. The van der Waals surface area contributed by atoms with Gasteiger partial charge in [-0.25, -0.2) is 0 Å². The molecule has 0 aromatic heterocycles. The summed E-state index contributed by atoms with van der Waals surface area (Å²) in [6, 6.07) is 16.2. The molecule has 0 spiro atoms. The van der Waals surface area contributed by atoms with E-state index in [0.29, 0.717) is 19.3 Å². The van der Waals surface area contributed by atoms with Crippen LogP contribution in [-0.4, -0.2) is 58.9 Å². The highest BCUT2D eigenvalue weighted by Crippen LogP contribution is 2.31. The summed E-state index contributed by atoms with van der Waals surface area (Å²) in [4.78, 5) is 52.3. The van der Waals surface area contributed by atoms with E-state index in [1.807, 2.05) is 95.3 Å². The van der Waals surface area contributed by atoms with Crippen LogP contribution >= 0.6 is 11.8 Å². The van der Waals surface area contributed by atoms with Crippen LogP contribution in [0.2, 0.25) is 0 Å². The molecule has 0 fully saturated rings. The zero-order chi connectivity index (χ0) is 32.0. The number of nitrogens with one attached hydrogen (secondary N) is 3. The second kappa shape index (κ2) is 17.7. The maximum atomic E-state index is 13.6. The zero-order valence-corrected chi connectivity index (χ0v) is 27.0. The molecule has 2 rings (SSSR count). The molecule has 0 saturated carbocycles. The van der Waals surface area contributed by atoms with Gasteiger partial charge >= 0.3 is 5.97 Å². The highest BCUT2D eigenvalue weighted by Gasteiger charge is 2.32. The molecule has 0 aliphatic heterocycles. The van der Waals surface area contributed by atoms with E-state index in [9.17, 15) is 19.2 Å². The molecule has 0 radical (unpaired) electrons. The maximum absolute atomic E-state index is 13.6. The van der Waals surface area contributed by atoms with Crippen LogP contribution in [0.25, 0.3) is 0 Å². The van der Waals surface area contributed by atoms with Crippen LogP contribution in [0, 0.1) is 5.92 Å². The first-order chi connectivity index (χ1) is 20.3. The fourth-order valence-electron chi connectivity index (χ4n) is 4.43. The van der Waals surface area contributed by atoms with Crippen molar-refractivity contribution in [3.63, 3.8) is 0 Å². The first-order valence-corrected chi connectivity index (χ1v) is 15.7. The first kappa shape index (κ1) is 35.8. The van der Waals surface area contributed by atoms with Crippen LogP contribution in [-0.2, 0) is 36.9 Å². The molecule has 2 aromatic rings. The van der Waals surface area contributed by atoms with Gasteiger partial charge in [-0.2, -0.15) is 0 Å². The molecule has 10 heteroatoms. The van der Waals surface area contributed by atoms with Crippen LogP contribution < -0.4 is 21.7 Å². The normalized spacial score (nSPS) is 14.2. The molecule has 9 nitrogen and oxygen atoms in total. The number of rotatable bonds is 16. The van der Waals surface area contributed by atoms with Gasteiger partial charge < -0.3 is 26.4 Å². The van der Waals surface area contributed by atoms with Crippen molar-refractivity contribution < 1.29 is 23.9 Å². The maximum Gasteiger partial charge on any atom is 0.323 e. The van der Waals surface area contributed by atoms with Crippen molar-refractivity contribution >= 4 is 35.5 Å². The van der Waals surface area contributed by atoms with Crippen molar-refractivity contribution in [1.29, 1.82) is 0 Å². The Morgan fingerprint density at radius 2 is 1.37 bits per heavy atom. The Morgan fingerprint density at radius 1 is 0.814 bits per heavy atom. The van der Waals surface area contributed by atoms with Gasteiger partial charge in [0.05, 0.1) is 5.25 Å². The van der Waals surface area contributed by atoms with Crippen molar-refractivity contribution in [2.45, 2.75) is 95.0 Å². The van der Waals surface area contributed by atoms with Crippen LogP contribution in [0.15, 0.2) is 60.7 Å². The van der Waals surface area contributed by atoms with Gasteiger partial charge in [-0.1, -0.05) is 95.3 Å². The van der Waals surface area contributed by atoms with Crippen molar-refractivity contribution in [1.82, 2.24) is 16.0 Å². The molecular weight excluding hydrogens is 564 g/mol. The minimum Gasteiger partial charge on any atom is -0.460 e. The Labute approximate surface area is 260 Å². The van der Waals surface area contributed by atoms with Gasteiger partial charge in [0, 0.05) is 18.2 Å². The number of likely N-dealkylation sites (N-methyl/N-ethyl adjacent to an activating group) is 1. The van der Waals surface area contributed by atoms with E-state index in [1.165, 1.54) is 18.8 Å². The van der Waals surface area contributed by atoms with Crippen LogP contribution in [0.3, 0.4) is 0 Å². The monoisotopic (exact) mass is 612 g/mol. The molecule has 3 amide bonds. The number of hydrogen-bond acceptors (Lipinski definition) is 7. The molecule has 236 valence electrons. The van der Waals surface area contributed by atoms with Gasteiger partial charge in [-0.3, -0.25) is 19.2 Å². The van der Waals surface area contributed by atoms with E-state index < -0.39 is 35.3 Å². The Morgan fingerprint density at radius 3 is 1.91 bits per heavy atom. The summed E-state index contributed by atoms with van der Waals surface area (Å²) in [5.74, 6) is -1.48. The number of ether oxygens (including phenoxy) is 1. The van der Waals surface area contributed by atoms with E-state index >= 15 is 0 Å². The number of thioether (sulfide) groups is 1. The summed E-state index contributed by atoms with van der Waals surface area (Å²) in [6.45, 7) is 10.1. The molecule has 2 unspecified atom stereocenters. The quantitative estimate of drug-likeness (QED) is 0.212. The summed E-state index contributed by atoms with van der Waals surface area (Å²) in [7, 11) is 1.52. The second-order valence-corrected chi connectivity index (χ2v) is 14.1. The minimum atomic E-state index is -0.888. The van der Waals surface area contributed by atoms with Gasteiger partial charge in [-0.15, -0.1) is 11.8 Å². The Kier molecular flexibility index (Phi) is 14.7. The van der Waals surface area contributed by atoms with Crippen molar-refractivity contribution in [3.8, 4) is 0 Å². The summed E-state index contributed by atoms with van der Waals surface area (Å²) in [5, 5.41) is 7.84. The number of hydrogen-bond donors (Lipinski definition) is 4. The molecule has 2 aromatic carbocycles. The van der Waals surface area contributed by atoms with E-state index in [0.717, 1.165) is 11.1 Å². The van der Waals surface area contributed by atoms with Crippen molar-refractivity contribution in [3.05, 3.63) is 71.8 Å². The molecule has 0 saturated heterocycles. The number of carbonyl (C=O) groups is 4. The topological polar surface area (TPSA) is 140 Å². The molecule has 4 atom stereocenters. The fourth-order valence-corrected chi connectivity index (χ4v) is 5.71. The molecule has 43 heavy (non-hydrogen) atoms. The third kappa shape index (κ3) is 13.6. The molecule has 0 heterocycles. The van der Waals surface area contributed by atoms with Gasteiger partial charge in [0.15, 0.2) is 0 Å². The SMILES string of the molecule is CNC(=O)[C@H](Cc1ccccc1)NC(=O)[C@H](CC(C)C)NC(=O)C(CCC(N)C(=O)OCc1ccccc1)SC(C)(C)C. The van der Waals surface area contributed by atoms with Crippen LogP contribution in [0.1, 0.15) is 65.0 Å². The average molecular weight is 613 g/mol. The number of nitrogens with two attached hydrogens (primary N) is 1. The smallest absolute Gasteiger partial charge is 0.323 e. The van der Waals surface area contributed by atoms with E-state index in [2.05, 4.69) is 16.0 Å². The van der Waals surface area contributed by atoms with Crippen LogP contribution in [0.4, 0.5) is 0 Å². The predicted octanol–water partition coefficient (Wildman–Crippen LogP) is 3.74. The lowest BCUT2D eigenvalue weighted by atomic mass is 10.0. The molecule has 0 bridgehead atoms. The van der Waals surface area contributed by atoms with Crippen molar-refractivity contribution in [2.75, 3.05) is 7.05 Å². The Bertz CT molecular complexity index is 1170. The van der Waals surface area contributed by atoms with Gasteiger partial charge in [-0.05, 0) is 36.3 Å². The van der Waals surface area contributed by atoms with E-state index in [4.69, 9.17) is 10.5 Å². The lowest BCUT2D eigenvalue weighted by Gasteiger charge is -2.29. The first-order valence-electron chi connectivity index (χ1n) is 14.8. The van der Waals surface area contributed by atoms with E-state index in [1.54, 1.807) is 0 Å². The average Bonchev–Trinajstić information content (AvgIpc) is 2.96. The third-order valence-corrected chi connectivity index (χ3v) is 8.00. The zero-order valence-electron chi connectivity index (χ0n) is 26.2. The minimum absolute atomic E-state index is 0.102. The summed E-state index contributed by atoms with van der Waals surface area (Å²) in [5.41, 5.74) is 7.92. The number of carbonyl (C=O) groups excluding carboxylic acids is 4. The number of esters is 1. The highest BCUT2D eigenvalue weighted by atomic mass is 32.2. The van der Waals surface area contributed by atoms with Gasteiger partial charge in [0.25, 0.3) is 0 Å². The second-order valence-electron chi connectivity index (χ2n) is 12.1. The Balaban J connectivity index is 2.10. The third-order valence-electron chi connectivity index (χ3n) is 6.56. The predicted molar refractivity (Wildman–Crippen MR) is 172 cm³/mol. The van der Waals surface area contributed by atoms with E-state index in [-0.39, 0.29) is 35.5 Å². The summed E-state index contributed by atoms with van der Waals surface area (Å²) in [6.07, 6.45) is 1.27. The lowest BCUT2D eigenvalue weighted by molar-refractivity contribution is -0.146. The van der Waals surface area contributed by atoms with Gasteiger partial charge in [0.2, 0.25) is 17.7 Å². The lowest BCUT2D eigenvalue weighted by Crippen LogP contribution is -2.55. The Hall–Kier alpha value is -3.37. The summed E-state index contributed by atoms with van der Waals surface area (Å²) < 4.78 is 5.11. The van der Waals surface area contributed by atoms with Gasteiger partial charge in [0.1, 0.15) is 24.7 Å². The van der Waals surface area contributed by atoms with Crippen molar-refractivity contribution in [2.24, 2.45) is 11.7 Å². The molecule has 5 N–H and O–H groups in total. The van der Waals surface area contributed by atoms with Crippen LogP contribution in [0.5, 0.6) is 0 Å². The molecule has 0 aliphatic carbocycles. The molecular formula is C33H48N4O5S. The standard InChI is InChI=1S/C33H48N4O5S/c1-22(2)19-26(30(39)36-27(29(38)35-6)20-23-13-9-7-10-14-23)37-31(40)28(43-33(3,4)5)18-17-25(34)32(41)42-21-24-15-11-8-12-16-24/h7-16,22,25-28H,17-21,34H2,1-6H3,(H,35,38)(H,36,39)(H,37,40)/t25?,26-,27-,28?/m0/s1. The largest absolute Gasteiger partial charge is 0.460 e. The number of benzene rings is 2. The highest BCUT2D eigenvalue weighted by molar-refractivity contribution is 8.01. The number of amides is 3. The fraction of sp³-hybridized carbons (Fsp3) is 0.515. The summed E-state index contributed by atoms with van der Waals surface area (Å²) >= 11 is 1.46.